The highest BCUT2D eigenvalue weighted by Crippen LogP contribution is 2.41. The zero-order chi connectivity index (χ0) is 61.7. The maximum absolute atomic E-state index is 13.8. The zero-order valence-corrected chi connectivity index (χ0v) is 51.5. The molecule has 4 rings (SSSR count). The summed E-state index contributed by atoms with van der Waals surface area (Å²) in [5.74, 6) is -1.77. The van der Waals surface area contributed by atoms with Gasteiger partial charge in [-0.25, -0.2) is 9.59 Å². The van der Waals surface area contributed by atoms with Crippen LogP contribution in [0, 0.1) is 34.5 Å². The van der Waals surface area contributed by atoms with Crippen molar-refractivity contribution in [3.8, 4) is 12.1 Å². The lowest BCUT2D eigenvalue weighted by Crippen LogP contribution is -2.64. The van der Waals surface area contributed by atoms with Crippen molar-refractivity contribution in [2.45, 2.75) is 219 Å². The molecule has 0 spiro atoms. The van der Waals surface area contributed by atoms with Gasteiger partial charge in [0.15, 0.2) is 0 Å². The maximum atomic E-state index is 13.8. The molecule has 4 heterocycles. The van der Waals surface area contributed by atoms with Crippen LogP contribution in [0.2, 0.25) is 0 Å². The number of likely N-dealkylation sites (tertiary alicyclic amines) is 2. The minimum Gasteiger partial charge on any atom is -0.444 e. The van der Waals surface area contributed by atoms with Gasteiger partial charge in [-0.3, -0.25) is 43.7 Å². The second-order valence-electron chi connectivity index (χ2n) is 23.8. The molecule has 2 aliphatic rings. The first-order valence-electron chi connectivity index (χ1n) is 29.0. The zero-order valence-electron chi connectivity index (χ0n) is 51.5. The Hall–Kier alpha value is -6.96. The molecule has 2 unspecified atom stereocenters. The number of rotatable bonds is 30. The molecule has 6 amide bonds. The lowest BCUT2D eigenvalue weighted by atomic mass is 9.80. The van der Waals surface area contributed by atoms with Crippen molar-refractivity contribution >= 4 is 35.8 Å². The Balaban J connectivity index is 1.22. The van der Waals surface area contributed by atoms with Gasteiger partial charge in [-0.15, -0.1) is 10.2 Å². The minimum absolute atomic E-state index is 0.0542. The highest BCUT2D eigenvalue weighted by atomic mass is 16.6. The van der Waals surface area contributed by atoms with Crippen molar-refractivity contribution in [1.82, 2.24) is 66.4 Å². The lowest BCUT2D eigenvalue weighted by Gasteiger charge is -2.44. The number of hydrogen-bond donors (Lipinski definition) is 5. The monoisotopic (exact) mass is 1160 g/mol. The molecular formula is C58H93N15O10. The Labute approximate surface area is 490 Å². The van der Waals surface area contributed by atoms with Crippen molar-refractivity contribution < 1.29 is 47.7 Å². The Morgan fingerprint density at radius 1 is 0.639 bits per heavy atom. The van der Waals surface area contributed by atoms with Gasteiger partial charge in [-0.05, 0) is 94.9 Å². The molecule has 0 radical (unpaired) electrons. The number of nitrogens with one attached hydrogen (secondary N) is 5. The number of aromatic nitrogens is 6. The average molecular weight is 1160 g/mol. The van der Waals surface area contributed by atoms with Crippen LogP contribution in [0.5, 0.6) is 0 Å². The number of nitriles is 2. The molecule has 0 aromatic carbocycles. The van der Waals surface area contributed by atoms with Crippen LogP contribution >= 0.6 is 0 Å². The lowest BCUT2D eigenvalue weighted by molar-refractivity contribution is -0.127. The summed E-state index contributed by atoms with van der Waals surface area (Å²) in [6, 6.07) is 0.333. The van der Waals surface area contributed by atoms with Crippen LogP contribution < -0.4 is 26.6 Å². The van der Waals surface area contributed by atoms with Crippen molar-refractivity contribution in [2.75, 3.05) is 40.4 Å². The highest BCUT2D eigenvalue weighted by molar-refractivity contribution is 5.81. The molecule has 2 aromatic rings. The molecule has 0 saturated carbocycles. The Kier molecular flexibility index (Phi) is 26.1. The Bertz CT molecular complexity index is 2440. The van der Waals surface area contributed by atoms with E-state index in [1.54, 1.807) is 77.5 Å². The van der Waals surface area contributed by atoms with E-state index in [1.165, 1.54) is 9.80 Å². The largest absolute Gasteiger partial charge is 0.444 e. The van der Waals surface area contributed by atoms with E-state index in [0.29, 0.717) is 50.2 Å². The number of carbonyl (C=O) groups is 6. The molecule has 2 aliphatic heterocycles. The second kappa shape index (κ2) is 31.6. The summed E-state index contributed by atoms with van der Waals surface area (Å²) >= 11 is 0. The van der Waals surface area contributed by atoms with Gasteiger partial charge in [0.2, 0.25) is 23.6 Å². The van der Waals surface area contributed by atoms with E-state index in [0.717, 1.165) is 12.8 Å². The molecular weight excluding hydrogens is 1070 g/mol. The van der Waals surface area contributed by atoms with E-state index in [1.807, 2.05) is 65.8 Å². The summed E-state index contributed by atoms with van der Waals surface area (Å²) in [6.07, 6.45) is 13.8. The first-order valence-corrected chi connectivity index (χ1v) is 29.0. The van der Waals surface area contributed by atoms with Crippen molar-refractivity contribution in [3.05, 3.63) is 48.1 Å². The van der Waals surface area contributed by atoms with Crippen LogP contribution in [-0.4, -0.2) is 175 Å². The van der Waals surface area contributed by atoms with Gasteiger partial charge in [0.1, 0.15) is 23.3 Å². The number of allylic oxidation sites excluding steroid dienone is 2. The molecule has 83 heavy (non-hydrogen) atoms. The Morgan fingerprint density at radius 2 is 1.01 bits per heavy atom. The van der Waals surface area contributed by atoms with E-state index in [2.05, 4.69) is 59.3 Å². The Morgan fingerprint density at radius 3 is 1.33 bits per heavy atom. The first-order chi connectivity index (χ1) is 39.2. The predicted octanol–water partition coefficient (Wildman–Crippen LogP) is 4.82. The number of amides is 6. The van der Waals surface area contributed by atoms with E-state index < -0.39 is 70.8 Å². The van der Waals surface area contributed by atoms with E-state index in [-0.39, 0.29) is 87.3 Å². The van der Waals surface area contributed by atoms with E-state index in [4.69, 9.17) is 18.9 Å². The third-order valence-electron chi connectivity index (χ3n) is 14.9. The normalized spacial score (nSPS) is 21.3. The fraction of sp³-hybridized carbons (Fsp3) is 0.724. The van der Waals surface area contributed by atoms with Gasteiger partial charge in [-0.1, -0.05) is 61.4 Å². The topological polar surface area (TPSA) is 315 Å². The summed E-state index contributed by atoms with van der Waals surface area (Å²) in [6.45, 7) is 23.0. The number of methoxy groups -OCH3 is 2. The molecule has 2 saturated heterocycles. The van der Waals surface area contributed by atoms with Crippen LogP contribution in [0.25, 0.3) is 0 Å². The number of aryl methyl sites for hydroxylation is 2. The first kappa shape index (κ1) is 68.5. The van der Waals surface area contributed by atoms with Gasteiger partial charge in [-0.2, -0.15) is 10.5 Å². The molecule has 0 aliphatic carbocycles. The molecule has 10 atom stereocenters. The summed E-state index contributed by atoms with van der Waals surface area (Å²) in [5, 5.41) is 52.0. The van der Waals surface area contributed by atoms with Crippen LogP contribution in [-0.2, 0) is 64.1 Å². The van der Waals surface area contributed by atoms with Crippen LogP contribution in [0.15, 0.2) is 36.7 Å². The molecule has 2 aromatic heterocycles. The van der Waals surface area contributed by atoms with Crippen LogP contribution in [0.1, 0.15) is 146 Å². The number of ether oxygens (including phenoxy) is 4. The molecule has 25 heteroatoms. The quantitative estimate of drug-likeness (QED) is 0.0655. The fourth-order valence-corrected chi connectivity index (χ4v) is 11.0. The standard InChI is InChI=1S/C58H93N15O10/c1-15-19-39-31-43(33-59)72(53(78)82-55(5,6)7)49(39)51(57(11,80-13)25-17-3)64-45(74)23-21-41-37-70(68-66-41)29-27-62-47(76)35-61-36-48(77)63-28-30-71-38-42(67-69-71)22-24-46(75)65-52(58(12,81-14)26-18-4)50-40(20-16-2)32-44(34-60)73(50)54(79)83-56(8,9)10/h15-16,19-20,37-40,43-44,49-52,61H,17-18,21-32,35-36H2,1-14H3,(H,62,76)(H,63,77)(H,64,74)(H,65,75)/b19-15-,20-16-/t39-,40-,43-,44-,49-,50-,51-,52-,57?,58?/m1/s1. The van der Waals surface area contributed by atoms with Gasteiger partial charge in [0.25, 0.3) is 0 Å². The molecule has 5 N–H and O–H groups in total. The average Bonchev–Trinajstić information content (AvgIpc) is 2.29. The van der Waals surface area contributed by atoms with Crippen LogP contribution in [0.3, 0.4) is 0 Å². The van der Waals surface area contributed by atoms with Gasteiger partial charge in [0, 0.05) is 77.2 Å². The summed E-state index contributed by atoms with van der Waals surface area (Å²) in [7, 11) is 3.17. The molecule has 0 bridgehead atoms. The number of hydrogen-bond acceptors (Lipinski definition) is 17. The molecule has 25 nitrogen and oxygen atoms in total. The molecule has 460 valence electrons. The third-order valence-corrected chi connectivity index (χ3v) is 14.9. The summed E-state index contributed by atoms with van der Waals surface area (Å²) < 4.78 is 26.9. The van der Waals surface area contributed by atoms with Crippen molar-refractivity contribution in [2.24, 2.45) is 11.8 Å². The fourth-order valence-electron chi connectivity index (χ4n) is 11.0. The smallest absolute Gasteiger partial charge is 0.411 e. The summed E-state index contributed by atoms with van der Waals surface area (Å²) in [4.78, 5) is 83.3. The van der Waals surface area contributed by atoms with Crippen molar-refractivity contribution in [3.63, 3.8) is 0 Å². The van der Waals surface area contributed by atoms with E-state index in [9.17, 15) is 39.3 Å². The highest BCUT2D eigenvalue weighted by Gasteiger charge is 2.55. The van der Waals surface area contributed by atoms with Gasteiger partial charge >= 0.3 is 12.2 Å². The summed E-state index contributed by atoms with van der Waals surface area (Å²) in [5.41, 5.74) is -2.31. The number of nitrogens with zero attached hydrogens (tertiary/aromatic N) is 10. The second-order valence-corrected chi connectivity index (χ2v) is 23.8. The third kappa shape index (κ3) is 20.1. The van der Waals surface area contributed by atoms with Gasteiger partial charge < -0.3 is 40.2 Å². The van der Waals surface area contributed by atoms with Crippen molar-refractivity contribution in [1.29, 1.82) is 10.5 Å². The van der Waals surface area contributed by atoms with Crippen LogP contribution in [0.4, 0.5) is 9.59 Å². The minimum atomic E-state index is -0.902. The predicted molar refractivity (Wildman–Crippen MR) is 308 cm³/mol. The molecule has 2 fully saturated rings. The SMILES string of the molecule is C/C=C\[C@@H]1C[C@H](C#N)N(C(=O)OC(C)(C)C)[C@H]1[C@@H](NC(=O)CCc1cn(CCNC(=O)CNCC(=O)NCCn2cc(CCC(=O)N[C@H]([C@H]3[C@H](/C=C\C)C[C@H](C#N)N3C(=O)OC(C)(C)C)C(C)(CCC)OC)nn2)nn1)C(C)(CCC)OC. The van der Waals surface area contributed by atoms with Gasteiger partial charge in [0.05, 0.1) is 85.1 Å². The maximum Gasteiger partial charge on any atom is 0.411 e. The van der Waals surface area contributed by atoms with E-state index >= 15 is 0 Å². The number of carbonyl (C=O) groups excluding carboxylic acids is 6.